The number of methoxy groups -OCH3 is 1. The van der Waals surface area contributed by atoms with Crippen LogP contribution in [-0.4, -0.2) is 22.8 Å². The van der Waals surface area contributed by atoms with E-state index >= 15 is 0 Å². The highest BCUT2D eigenvalue weighted by molar-refractivity contribution is 5.92. The Kier molecular flexibility index (Phi) is 5.62. The van der Waals surface area contributed by atoms with Crippen LogP contribution in [0.5, 0.6) is 5.88 Å². The number of ether oxygens (including phenoxy) is 1. The van der Waals surface area contributed by atoms with Gasteiger partial charge < -0.3 is 15.8 Å². The molecule has 0 saturated carbocycles. The highest BCUT2D eigenvalue weighted by atomic mass is 16.5. The summed E-state index contributed by atoms with van der Waals surface area (Å²) in [6, 6.07) is 8.15. The van der Waals surface area contributed by atoms with Crippen molar-refractivity contribution >= 4 is 11.6 Å². The molecule has 0 saturated heterocycles. The molecular formula is C17H25N5O. The quantitative estimate of drug-likeness (QED) is 0.634. The molecule has 0 bridgehead atoms. The molecule has 1 heterocycles. The van der Waals surface area contributed by atoms with E-state index in [2.05, 4.69) is 41.4 Å². The first-order valence-corrected chi connectivity index (χ1v) is 7.83. The van der Waals surface area contributed by atoms with Crippen LogP contribution in [0.15, 0.2) is 29.3 Å². The van der Waals surface area contributed by atoms with Gasteiger partial charge in [0.2, 0.25) is 5.88 Å². The van der Waals surface area contributed by atoms with Crippen molar-refractivity contribution in [3.05, 3.63) is 41.1 Å². The van der Waals surface area contributed by atoms with Gasteiger partial charge in [0.1, 0.15) is 0 Å². The Balaban J connectivity index is 2.13. The molecule has 0 spiro atoms. The monoisotopic (exact) mass is 315 g/mol. The van der Waals surface area contributed by atoms with E-state index in [1.54, 1.807) is 11.8 Å². The Labute approximate surface area is 137 Å². The Morgan fingerprint density at radius 1 is 1.35 bits per heavy atom. The molecule has 0 amide bonds. The minimum atomic E-state index is 0.381. The molecule has 6 nitrogen and oxygen atoms in total. The minimum absolute atomic E-state index is 0.381. The fraction of sp³-hybridized carbons (Fsp3) is 0.412. The van der Waals surface area contributed by atoms with Crippen LogP contribution in [0.2, 0.25) is 0 Å². The first kappa shape index (κ1) is 16.9. The molecule has 23 heavy (non-hydrogen) atoms. The summed E-state index contributed by atoms with van der Waals surface area (Å²) in [4.78, 5) is 4.43. The molecule has 6 heteroatoms. The van der Waals surface area contributed by atoms with Gasteiger partial charge in [-0.15, -0.1) is 0 Å². The van der Waals surface area contributed by atoms with Gasteiger partial charge >= 0.3 is 0 Å². The second-order valence-electron chi connectivity index (χ2n) is 5.29. The average Bonchev–Trinajstić information content (AvgIpc) is 2.87. The zero-order valence-corrected chi connectivity index (χ0v) is 14.3. The van der Waals surface area contributed by atoms with E-state index in [-0.39, 0.29) is 0 Å². The van der Waals surface area contributed by atoms with Crippen molar-refractivity contribution in [3.63, 3.8) is 0 Å². The number of hydrogen-bond acceptors (Lipinski definition) is 3. The fourth-order valence-electron chi connectivity index (χ4n) is 2.52. The largest absolute Gasteiger partial charge is 0.481 e. The van der Waals surface area contributed by atoms with Gasteiger partial charge in [0.25, 0.3) is 0 Å². The van der Waals surface area contributed by atoms with Gasteiger partial charge in [0.15, 0.2) is 5.96 Å². The second kappa shape index (κ2) is 7.67. The molecule has 0 aliphatic carbocycles. The lowest BCUT2D eigenvalue weighted by Gasteiger charge is -2.08. The third-order valence-corrected chi connectivity index (χ3v) is 3.71. The van der Waals surface area contributed by atoms with E-state index in [1.165, 1.54) is 5.56 Å². The molecule has 0 radical (unpaired) electrons. The lowest BCUT2D eigenvalue weighted by molar-refractivity contribution is 0.369. The van der Waals surface area contributed by atoms with Gasteiger partial charge in [-0.3, -0.25) is 0 Å². The number of aliphatic imine (C=N–C) groups is 1. The maximum Gasteiger partial charge on any atom is 0.216 e. The van der Waals surface area contributed by atoms with Gasteiger partial charge in [-0.2, -0.15) is 5.10 Å². The van der Waals surface area contributed by atoms with Gasteiger partial charge in [0, 0.05) is 12.7 Å². The van der Waals surface area contributed by atoms with Crippen molar-refractivity contribution in [1.29, 1.82) is 0 Å². The van der Waals surface area contributed by atoms with Crippen molar-refractivity contribution in [2.24, 2.45) is 17.8 Å². The minimum Gasteiger partial charge on any atom is -0.481 e. The molecule has 2 aromatic rings. The van der Waals surface area contributed by atoms with Crippen molar-refractivity contribution in [1.82, 2.24) is 9.78 Å². The van der Waals surface area contributed by atoms with Gasteiger partial charge in [-0.1, -0.05) is 26.0 Å². The number of nitrogens with zero attached hydrogens (tertiary/aromatic N) is 3. The summed E-state index contributed by atoms with van der Waals surface area (Å²) in [5, 5.41) is 7.57. The molecule has 2 rings (SSSR count). The van der Waals surface area contributed by atoms with Gasteiger partial charge in [-0.25, -0.2) is 9.67 Å². The highest BCUT2D eigenvalue weighted by Gasteiger charge is 2.15. The molecule has 0 aliphatic rings. The lowest BCUT2D eigenvalue weighted by atomic mass is 10.1. The Morgan fingerprint density at radius 2 is 2.13 bits per heavy atom. The molecule has 3 N–H and O–H groups in total. The molecule has 124 valence electrons. The number of aromatic nitrogens is 2. The van der Waals surface area contributed by atoms with Crippen molar-refractivity contribution < 1.29 is 4.74 Å². The van der Waals surface area contributed by atoms with E-state index in [4.69, 9.17) is 10.5 Å². The van der Waals surface area contributed by atoms with Crippen LogP contribution in [-0.2, 0) is 26.4 Å². The smallest absolute Gasteiger partial charge is 0.216 e. The number of nitrogens with two attached hydrogens (primary N) is 1. The first-order chi connectivity index (χ1) is 11.1. The number of rotatable bonds is 6. The number of aryl methyl sites for hydroxylation is 3. The molecule has 1 aromatic carbocycles. The number of benzene rings is 1. The van der Waals surface area contributed by atoms with Crippen LogP contribution >= 0.6 is 0 Å². The molecular weight excluding hydrogens is 290 g/mol. The van der Waals surface area contributed by atoms with Crippen LogP contribution in [0.1, 0.15) is 30.7 Å². The highest BCUT2D eigenvalue weighted by Crippen LogP contribution is 2.22. The Bertz CT molecular complexity index is 690. The maximum atomic E-state index is 6.01. The topological polar surface area (TPSA) is 77.5 Å². The molecule has 0 aliphatic heterocycles. The van der Waals surface area contributed by atoms with Crippen LogP contribution in [0.4, 0.5) is 5.69 Å². The van der Waals surface area contributed by atoms with Crippen LogP contribution in [0, 0.1) is 0 Å². The van der Waals surface area contributed by atoms with E-state index in [0.717, 1.165) is 35.7 Å². The van der Waals surface area contributed by atoms with Gasteiger partial charge in [0.05, 0.1) is 24.9 Å². The predicted molar refractivity (Wildman–Crippen MR) is 93.9 cm³/mol. The van der Waals surface area contributed by atoms with E-state index in [9.17, 15) is 0 Å². The molecule has 1 aromatic heterocycles. The molecule has 0 unspecified atom stereocenters. The summed E-state index contributed by atoms with van der Waals surface area (Å²) < 4.78 is 7.14. The second-order valence-corrected chi connectivity index (χ2v) is 5.29. The SMILES string of the molecule is CCc1cccc(NC(N)=NCc2c(CC)nn(C)c2OC)c1. The third kappa shape index (κ3) is 4.03. The van der Waals surface area contributed by atoms with Gasteiger partial charge in [-0.05, 0) is 30.5 Å². The third-order valence-electron chi connectivity index (χ3n) is 3.71. The van der Waals surface area contributed by atoms with E-state index in [1.807, 2.05) is 19.2 Å². The predicted octanol–water partition coefficient (Wildman–Crippen LogP) is 2.48. The van der Waals surface area contributed by atoms with Crippen molar-refractivity contribution in [2.45, 2.75) is 33.2 Å². The summed E-state index contributed by atoms with van der Waals surface area (Å²) >= 11 is 0. The van der Waals surface area contributed by atoms with E-state index in [0.29, 0.717) is 12.5 Å². The summed E-state index contributed by atoms with van der Waals surface area (Å²) in [5.41, 5.74) is 10.2. The summed E-state index contributed by atoms with van der Waals surface area (Å²) in [6.07, 6.45) is 1.81. The first-order valence-electron chi connectivity index (χ1n) is 7.83. The standard InChI is InChI=1S/C17H25N5O/c1-5-12-8-7-9-13(10-12)20-17(18)19-11-14-15(6-2)21-22(3)16(14)23-4/h7-10H,5-6,11H2,1-4H3,(H3,18,19,20). The summed E-state index contributed by atoms with van der Waals surface area (Å²) in [5.74, 6) is 1.11. The fourth-order valence-corrected chi connectivity index (χ4v) is 2.52. The maximum absolute atomic E-state index is 6.01. The summed E-state index contributed by atoms with van der Waals surface area (Å²) in [7, 11) is 3.50. The summed E-state index contributed by atoms with van der Waals surface area (Å²) in [6.45, 7) is 4.62. The number of hydrogen-bond donors (Lipinski definition) is 2. The van der Waals surface area contributed by atoms with Crippen molar-refractivity contribution in [2.75, 3.05) is 12.4 Å². The zero-order chi connectivity index (χ0) is 16.8. The Morgan fingerprint density at radius 3 is 2.78 bits per heavy atom. The Hall–Kier alpha value is -2.50. The molecule has 0 fully saturated rings. The zero-order valence-electron chi connectivity index (χ0n) is 14.3. The lowest BCUT2D eigenvalue weighted by Crippen LogP contribution is -2.22. The van der Waals surface area contributed by atoms with Crippen LogP contribution in [0.3, 0.4) is 0 Å². The number of nitrogens with one attached hydrogen (secondary N) is 1. The molecule has 0 atom stereocenters. The van der Waals surface area contributed by atoms with E-state index < -0.39 is 0 Å². The van der Waals surface area contributed by atoms with Crippen LogP contribution < -0.4 is 15.8 Å². The van der Waals surface area contributed by atoms with Crippen LogP contribution in [0.25, 0.3) is 0 Å². The average molecular weight is 315 g/mol. The number of anilines is 1. The number of guanidine groups is 1. The van der Waals surface area contributed by atoms with Crippen molar-refractivity contribution in [3.8, 4) is 5.88 Å². The normalized spacial score (nSPS) is 11.6.